The molecule has 1 unspecified atom stereocenters. The van der Waals surface area contributed by atoms with E-state index in [9.17, 15) is 17.6 Å². The Labute approximate surface area is 96.3 Å². The molecule has 0 radical (unpaired) electrons. The van der Waals surface area contributed by atoms with Gasteiger partial charge in [0.05, 0.1) is 11.7 Å². The van der Waals surface area contributed by atoms with Crippen LogP contribution in [0.5, 0.6) is 0 Å². The van der Waals surface area contributed by atoms with Crippen LogP contribution in [0.25, 0.3) is 0 Å². The zero-order valence-electron chi connectivity index (χ0n) is 9.18. The van der Waals surface area contributed by atoms with Crippen LogP contribution < -0.4 is 5.32 Å². The van der Waals surface area contributed by atoms with E-state index in [0.29, 0.717) is 6.07 Å². The highest BCUT2D eigenvalue weighted by atomic mass is 19.4. The monoisotopic (exact) mass is 251 g/mol. The third-order valence-corrected chi connectivity index (χ3v) is 2.13. The van der Waals surface area contributed by atoms with E-state index in [1.54, 1.807) is 0 Å². The van der Waals surface area contributed by atoms with E-state index in [-0.39, 0.29) is 18.7 Å². The van der Waals surface area contributed by atoms with Crippen LogP contribution in [0.3, 0.4) is 0 Å². The molecule has 0 amide bonds. The van der Waals surface area contributed by atoms with Crippen molar-refractivity contribution in [3.05, 3.63) is 35.1 Å². The second-order valence-corrected chi connectivity index (χ2v) is 3.78. The van der Waals surface area contributed by atoms with Crippen LogP contribution in [0.1, 0.15) is 18.1 Å². The van der Waals surface area contributed by atoms with Crippen molar-refractivity contribution in [2.45, 2.75) is 25.7 Å². The summed E-state index contributed by atoms with van der Waals surface area (Å²) in [5.74, 6) is -0.698. The molecule has 1 rings (SSSR count). The normalized spacial score (nSPS) is 13.8. The van der Waals surface area contributed by atoms with Gasteiger partial charge in [-0.05, 0) is 25.1 Å². The van der Waals surface area contributed by atoms with Gasteiger partial charge in [0.1, 0.15) is 5.82 Å². The van der Waals surface area contributed by atoms with Crippen LogP contribution in [0.15, 0.2) is 18.2 Å². The van der Waals surface area contributed by atoms with Gasteiger partial charge in [0.25, 0.3) is 0 Å². The fraction of sp³-hybridized carbons (Fsp3) is 0.455. The quantitative estimate of drug-likeness (QED) is 0.805. The molecule has 0 aliphatic heterocycles. The van der Waals surface area contributed by atoms with E-state index < -0.39 is 23.7 Å². The van der Waals surface area contributed by atoms with Gasteiger partial charge >= 0.3 is 6.18 Å². The molecule has 1 atom stereocenters. The number of aliphatic hydroxyl groups excluding tert-OH is 1. The summed E-state index contributed by atoms with van der Waals surface area (Å²) in [5, 5.41) is 11.6. The number of aliphatic hydroxyl groups is 1. The molecule has 0 aliphatic rings. The molecule has 2 nitrogen and oxygen atoms in total. The first-order chi connectivity index (χ1) is 7.80. The van der Waals surface area contributed by atoms with Gasteiger partial charge in [0.2, 0.25) is 0 Å². The number of nitrogens with one attached hydrogen (secondary N) is 1. The Hall–Kier alpha value is -1.14. The molecule has 0 saturated carbocycles. The van der Waals surface area contributed by atoms with Crippen LogP contribution in [-0.4, -0.2) is 17.8 Å². The van der Waals surface area contributed by atoms with Crippen molar-refractivity contribution in [3.8, 4) is 0 Å². The summed E-state index contributed by atoms with van der Waals surface area (Å²) in [6.45, 7) is 1.66. The molecule has 0 fully saturated rings. The predicted molar refractivity (Wildman–Crippen MR) is 54.8 cm³/mol. The minimum atomic E-state index is -4.48. The molecule has 0 bridgehead atoms. The summed E-state index contributed by atoms with van der Waals surface area (Å²) in [6, 6.07) is 2.26. The maximum atomic E-state index is 13.2. The lowest BCUT2D eigenvalue weighted by atomic mass is 10.1. The topological polar surface area (TPSA) is 32.3 Å². The molecule has 96 valence electrons. The van der Waals surface area contributed by atoms with Gasteiger partial charge < -0.3 is 10.4 Å². The summed E-state index contributed by atoms with van der Waals surface area (Å²) in [7, 11) is 0. The van der Waals surface area contributed by atoms with E-state index in [2.05, 4.69) is 5.32 Å². The number of hydrogen-bond acceptors (Lipinski definition) is 2. The Kier molecular flexibility index (Phi) is 4.47. The summed E-state index contributed by atoms with van der Waals surface area (Å²) < 4.78 is 50.3. The molecule has 0 saturated heterocycles. The van der Waals surface area contributed by atoms with E-state index in [1.165, 1.54) is 6.92 Å². The van der Waals surface area contributed by atoms with E-state index in [4.69, 9.17) is 5.11 Å². The number of halogens is 4. The Morgan fingerprint density at radius 2 is 2.00 bits per heavy atom. The zero-order valence-corrected chi connectivity index (χ0v) is 9.18. The highest BCUT2D eigenvalue weighted by Crippen LogP contribution is 2.30. The predicted octanol–water partition coefficient (Wildman–Crippen LogP) is 2.31. The largest absolute Gasteiger partial charge is 0.416 e. The smallest absolute Gasteiger partial charge is 0.392 e. The van der Waals surface area contributed by atoms with Crippen molar-refractivity contribution in [1.82, 2.24) is 5.32 Å². The average Bonchev–Trinajstić information content (AvgIpc) is 2.18. The second kappa shape index (κ2) is 5.46. The van der Waals surface area contributed by atoms with Gasteiger partial charge in [-0.1, -0.05) is 0 Å². The van der Waals surface area contributed by atoms with Gasteiger partial charge in [0.15, 0.2) is 0 Å². The molecule has 0 heterocycles. The number of benzene rings is 1. The Balaban J connectivity index is 2.77. The fourth-order valence-corrected chi connectivity index (χ4v) is 1.30. The summed E-state index contributed by atoms with van der Waals surface area (Å²) >= 11 is 0. The van der Waals surface area contributed by atoms with Gasteiger partial charge in [-0.3, -0.25) is 0 Å². The maximum Gasteiger partial charge on any atom is 0.416 e. The SMILES string of the molecule is CC(O)CNCc1cc(C(F)(F)F)ccc1F. The summed E-state index contributed by atoms with van der Waals surface area (Å²) in [6.07, 6.45) is -5.11. The van der Waals surface area contributed by atoms with Crippen molar-refractivity contribution in [2.24, 2.45) is 0 Å². The number of alkyl halides is 3. The van der Waals surface area contributed by atoms with Crippen LogP contribution >= 0.6 is 0 Å². The van der Waals surface area contributed by atoms with Crippen molar-refractivity contribution in [2.75, 3.05) is 6.54 Å². The molecule has 17 heavy (non-hydrogen) atoms. The highest BCUT2D eigenvalue weighted by molar-refractivity contribution is 5.27. The van der Waals surface area contributed by atoms with Gasteiger partial charge in [-0.2, -0.15) is 13.2 Å². The first-order valence-corrected chi connectivity index (χ1v) is 5.05. The van der Waals surface area contributed by atoms with Crippen molar-refractivity contribution < 1.29 is 22.7 Å². The molecule has 1 aromatic carbocycles. The fourth-order valence-electron chi connectivity index (χ4n) is 1.30. The average molecular weight is 251 g/mol. The van der Waals surface area contributed by atoms with Crippen molar-refractivity contribution in [1.29, 1.82) is 0 Å². The summed E-state index contributed by atoms with van der Waals surface area (Å²) in [4.78, 5) is 0. The zero-order chi connectivity index (χ0) is 13.1. The molecular formula is C11H13F4NO. The summed E-state index contributed by atoms with van der Waals surface area (Å²) in [5.41, 5.74) is -0.951. The van der Waals surface area contributed by atoms with Crippen LogP contribution in [0.2, 0.25) is 0 Å². The van der Waals surface area contributed by atoms with Gasteiger partial charge in [0, 0.05) is 18.7 Å². The minimum absolute atomic E-state index is 0.0549. The van der Waals surface area contributed by atoms with E-state index in [1.807, 2.05) is 0 Å². The lowest BCUT2D eigenvalue weighted by molar-refractivity contribution is -0.137. The molecule has 1 aromatic rings. The van der Waals surface area contributed by atoms with Crippen molar-refractivity contribution in [3.63, 3.8) is 0 Å². The Morgan fingerprint density at radius 1 is 1.35 bits per heavy atom. The minimum Gasteiger partial charge on any atom is -0.392 e. The Morgan fingerprint density at radius 3 is 2.53 bits per heavy atom. The molecule has 0 spiro atoms. The Bertz CT molecular complexity index is 376. The molecule has 0 aromatic heterocycles. The molecule has 6 heteroatoms. The standard InChI is InChI=1S/C11H13F4NO/c1-7(17)5-16-6-8-4-9(11(13,14)15)2-3-10(8)12/h2-4,7,16-17H,5-6H2,1H3. The van der Waals surface area contributed by atoms with E-state index >= 15 is 0 Å². The first kappa shape index (κ1) is 13.9. The van der Waals surface area contributed by atoms with Gasteiger partial charge in [-0.25, -0.2) is 4.39 Å². The maximum absolute atomic E-state index is 13.2. The van der Waals surface area contributed by atoms with Gasteiger partial charge in [-0.15, -0.1) is 0 Å². The number of rotatable bonds is 4. The highest BCUT2D eigenvalue weighted by Gasteiger charge is 2.30. The molecule has 0 aliphatic carbocycles. The van der Waals surface area contributed by atoms with Crippen LogP contribution in [-0.2, 0) is 12.7 Å². The van der Waals surface area contributed by atoms with Crippen LogP contribution in [0, 0.1) is 5.82 Å². The van der Waals surface area contributed by atoms with E-state index in [0.717, 1.165) is 12.1 Å². The van der Waals surface area contributed by atoms with Crippen LogP contribution in [0.4, 0.5) is 17.6 Å². The number of hydrogen-bond donors (Lipinski definition) is 2. The molecule has 2 N–H and O–H groups in total. The molecular weight excluding hydrogens is 238 g/mol. The third kappa shape index (κ3) is 4.32. The lowest BCUT2D eigenvalue weighted by Crippen LogP contribution is -2.24. The lowest BCUT2D eigenvalue weighted by Gasteiger charge is -2.11. The van der Waals surface area contributed by atoms with Crippen molar-refractivity contribution >= 4 is 0 Å². The third-order valence-electron chi connectivity index (χ3n) is 2.13. The second-order valence-electron chi connectivity index (χ2n) is 3.78. The first-order valence-electron chi connectivity index (χ1n) is 5.05.